The SMILES string of the molecule is CCCn1c(SCc2ccc(Cl)cc2)nnc1-c1csc(C)c1. The molecule has 0 aliphatic carbocycles. The fourth-order valence-electron chi connectivity index (χ4n) is 2.32. The van der Waals surface area contributed by atoms with E-state index in [1.165, 1.54) is 10.4 Å². The molecule has 0 spiro atoms. The van der Waals surface area contributed by atoms with Gasteiger partial charge in [-0.25, -0.2) is 0 Å². The Balaban J connectivity index is 1.81. The predicted molar refractivity (Wildman–Crippen MR) is 99.4 cm³/mol. The van der Waals surface area contributed by atoms with Gasteiger partial charge in [0.25, 0.3) is 0 Å². The Hall–Kier alpha value is -1.30. The number of thiophene rings is 1. The van der Waals surface area contributed by atoms with Crippen LogP contribution < -0.4 is 0 Å². The zero-order chi connectivity index (χ0) is 16.2. The summed E-state index contributed by atoms with van der Waals surface area (Å²) in [6, 6.07) is 10.1. The Morgan fingerprint density at radius 3 is 2.65 bits per heavy atom. The summed E-state index contributed by atoms with van der Waals surface area (Å²) in [5, 5.41) is 12.7. The summed E-state index contributed by atoms with van der Waals surface area (Å²) < 4.78 is 2.22. The maximum Gasteiger partial charge on any atom is 0.191 e. The van der Waals surface area contributed by atoms with Crippen LogP contribution in [0.2, 0.25) is 5.02 Å². The molecule has 0 saturated heterocycles. The molecule has 0 saturated carbocycles. The third kappa shape index (κ3) is 3.97. The molecule has 0 bridgehead atoms. The lowest BCUT2D eigenvalue weighted by molar-refractivity contribution is 0.626. The highest BCUT2D eigenvalue weighted by Crippen LogP contribution is 2.29. The quantitative estimate of drug-likeness (QED) is 0.528. The summed E-state index contributed by atoms with van der Waals surface area (Å²) >= 11 is 9.40. The number of hydrogen-bond acceptors (Lipinski definition) is 4. The minimum absolute atomic E-state index is 0.767. The first-order valence-corrected chi connectivity index (χ1v) is 9.77. The zero-order valence-electron chi connectivity index (χ0n) is 13.1. The van der Waals surface area contributed by atoms with Crippen molar-refractivity contribution >= 4 is 34.7 Å². The van der Waals surface area contributed by atoms with E-state index < -0.39 is 0 Å². The Morgan fingerprint density at radius 1 is 1.22 bits per heavy atom. The van der Waals surface area contributed by atoms with Crippen molar-refractivity contribution in [3.8, 4) is 11.4 Å². The molecule has 2 aromatic heterocycles. The van der Waals surface area contributed by atoms with Crippen LogP contribution in [0.4, 0.5) is 0 Å². The number of hydrogen-bond donors (Lipinski definition) is 0. The molecule has 0 atom stereocenters. The molecule has 0 aliphatic rings. The molecule has 0 radical (unpaired) electrons. The maximum absolute atomic E-state index is 5.94. The Kier molecular flexibility index (Phi) is 5.41. The predicted octanol–water partition coefficient (Wildman–Crippen LogP) is 5.67. The Bertz CT molecular complexity index is 777. The molecule has 0 fully saturated rings. The highest BCUT2D eigenvalue weighted by Gasteiger charge is 2.14. The van der Waals surface area contributed by atoms with E-state index >= 15 is 0 Å². The van der Waals surface area contributed by atoms with Gasteiger partial charge in [-0.1, -0.05) is 42.4 Å². The topological polar surface area (TPSA) is 30.7 Å². The van der Waals surface area contributed by atoms with Crippen LogP contribution in [0.1, 0.15) is 23.8 Å². The zero-order valence-corrected chi connectivity index (χ0v) is 15.5. The number of nitrogens with zero attached hydrogens (tertiary/aromatic N) is 3. The number of rotatable bonds is 6. The van der Waals surface area contributed by atoms with Crippen LogP contribution >= 0.6 is 34.7 Å². The van der Waals surface area contributed by atoms with Crippen molar-refractivity contribution in [1.82, 2.24) is 14.8 Å². The molecular formula is C17H18ClN3S2. The largest absolute Gasteiger partial charge is 0.302 e. The van der Waals surface area contributed by atoms with Crippen LogP contribution in [0.25, 0.3) is 11.4 Å². The summed E-state index contributed by atoms with van der Waals surface area (Å²) in [6.07, 6.45) is 1.06. The first-order chi connectivity index (χ1) is 11.2. The molecule has 23 heavy (non-hydrogen) atoms. The second-order valence-electron chi connectivity index (χ2n) is 5.32. The average molecular weight is 364 g/mol. The number of benzene rings is 1. The lowest BCUT2D eigenvalue weighted by Crippen LogP contribution is -2.01. The summed E-state index contributed by atoms with van der Waals surface area (Å²) in [4.78, 5) is 1.29. The lowest BCUT2D eigenvalue weighted by Gasteiger charge is -2.08. The van der Waals surface area contributed by atoms with Gasteiger partial charge in [0, 0.05) is 33.1 Å². The third-order valence-corrected chi connectivity index (χ3v) is 5.59. The molecule has 3 rings (SSSR count). The number of thioether (sulfide) groups is 1. The smallest absolute Gasteiger partial charge is 0.191 e. The summed E-state index contributed by atoms with van der Waals surface area (Å²) in [7, 11) is 0. The van der Waals surface area contributed by atoms with E-state index in [-0.39, 0.29) is 0 Å². The summed E-state index contributed by atoms with van der Waals surface area (Å²) in [5.41, 5.74) is 2.39. The Morgan fingerprint density at radius 2 is 2.00 bits per heavy atom. The highest BCUT2D eigenvalue weighted by atomic mass is 35.5. The van der Waals surface area contributed by atoms with Gasteiger partial charge in [0.15, 0.2) is 11.0 Å². The van der Waals surface area contributed by atoms with Crippen molar-refractivity contribution in [1.29, 1.82) is 0 Å². The van der Waals surface area contributed by atoms with Crippen molar-refractivity contribution < 1.29 is 0 Å². The highest BCUT2D eigenvalue weighted by molar-refractivity contribution is 7.98. The fourth-order valence-corrected chi connectivity index (χ4v) is 4.05. The molecule has 3 nitrogen and oxygen atoms in total. The number of aromatic nitrogens is 3. The molecule has 0 unspecified atom stereocenters. The minimum atomic E-state index is 0.767. The third-order valence-electron chi connectivity index (χ3n) is 3.43. The van der Waals surface area contributed by atoms with E-state index in [0.29, 0.717) is 0 Å². The van der Waals surface area contributed by atoms with E-state index in [1.54, 1.807) is 23.1 Å². The average Bonchev–Trinajstić information content (AvgIpc) is 3.14. The van der Waals surface area contributed by atoms with Gasteiger partial charge in [0.2, 0.25) is 0 Å². The standard InChI is InChI=1S/C17H18ClN3S2/c1-3-8-21-16(14-9-12(2)22-11-14)19-20-17(21)23-10-13-4-6-15(18)7-5-13/h4-7,9,11H,3,8,10H2,1-2H3. The van der Waals surface area contributed by atoms with E-state index in [4.69, 9.17) is 11.6 Å². The van der Waals surface area contributed by atoms with Crippen LogP contribution in [0.5, 0.6) is 0 Å². The normalized spacial score (nSPS) is 11.1. The Labute approximate surface area is 149 Å². The monoisotopic (exact) mass is 363 g/mol. The van der Waals surface area contributed by atoms with E-state index in [9.17, 15) is 0 Å². The minimum Gasteiger partial charge on any atom is -0.302 e. The lowest BCUT2D eigenvalue weighted by atomic mass is 10.2. The molecule has 3 aromatic rings. The molecule has 6 heteroatoms. The van der Waals surface area contributed by atoms with Gasteiger partial charge in [-0.2, -0.15) is 0 Å². The van der Waals surface area contributed by atoms with Crippen LogP contribution in [-0.4, -0.2) is 14.8 Å². The number of halogens is 1. The van der Waals surface area contributed by atoms with Gasteiger partial charge in [-0.3, -0.25) is 0 Å². The molecule has 0 amide bonds. The first kappa shape index (κ1) is 16.6. The van der Waals surface area contributed by atoms with Crippen molar-refractivity contribution in [3.05, 3.63) is 51.2 Å². The van der Waals surface area contributed by atoms with Gasteiger partial charge in [0.05, 0.1) is 0 Å². The van der Waals surface area contributed by atoms with Gasteiger partial charge in [-0.05, 0) is 37.1 Å². The molecule has 2 heterocycles. The molecule has 120 valence electrons. The van der Waals surface area contributed by atoms with Crippen LogP contribution in [0.15, 0.2) is 40.9 Å². The molecule has 0 N–H and O–H groups in total. The van der Waals surface area contributed by atoms with E-state index in [2.05, 4.69) is 52.2 Å². The maximum atomic E-state index is 5.94. The fraction of sp³-hybridized carbons (Fsp3) is 0.294. The van der Waals surface area contributed by atoms with Crippen molar-refractivity contribution in [3.63, 3.8) is 0 Å². The van der Waals surface area contributed by atoms with Gasteiger partial charge >= 0.3 is 0 Å². The second-order valence-corrected chi connectivity index (χ2v) is 7.81. The second kappa shape index (κ2) is 7.51. The van der Waals surface area contributed by atoms with Crippen LogP contribution in [0, 0.1) is 6.92 Å². The summed E-state index contributed by atoms with van der Waals surface area (Å²) in [6.45, 7) is 5.22. The van der Waals surface area contributed by atoms with Crippen molar-refractivity contribution in [2.75, 3.05) is 0 Å². The van der Waals surface area contributed by atoms with Crippen LogP contribution in [-0.2, 0) is 12.3 Å². The van der Waals surface area contributed by atoms with Gasteiger partial charge < -0.3 is 4.57 Å². The molecule has 1 aromatic carbocycles. The van der Waals surface area contributed by atoms with E-state index in [1.807, 2.05) is 12.1 Å². The van der Waals surface area contributed by atoms with Gasteiger partial charge in [0.1, 0.15) is 0 Å². The first-order valence-electron chi connectivity index (χ1n) is 7.53. The number of aryl methyl sites for hydroxylation is 1. The molecular weight excluding hydrogens is 346 g/mol. The summed E-state index contributed by atoms with van der Waals surface area (Å²) in [5.74, 6) is 1.83. The van der Waals surface area contributed by atoms with Crippen molar-refractivity contribution in [2.45, 2.75) is 37.7 Å². The van der Waals surface area contributed by atoms with Crippen molar-refractivity contribution in [2.24, 2.45) is 0 Å². The van der Waals surface area contributed by atoms with E-state index in [0.717, 1.165) is 40.3 Å². The molecule has 0 aliphatic heterocycles. The van der Waals surface area contributed by atoms with Crippen LogP contribution in [0.3, 0.4) is 0 Å². The van der Waals surface area contributed by atoms with Gasteiger partial charge in [-0.15, -0.1) is 21.5 Å².